The fourth-order valence-electron chi connectivity index (χ4n) is 2.98. The number of halogens is 1. The van der Waals surface area contributed by atoms with Gasteiger partial charge in [-0.15, -0.1) is 0 Å². The van der Waals surface area contributed by atoms with Crippen LogP contribution in [0.1, 0.15) is 61.0 Å². The minimum Gasteiger partial charge on any atom is -0.398 e. The summed E-state index contributed by atoms with van der Waals surface area (Å²) in [6.07, 6.45) is 9.07. The number of pyridine rings is 1. The molecule has 5 N–H and O–H groups in total. The summed E-state index contributed by atoms with van der Waals surface area (Å²) in [6, 6.07) is 8.80. The Labute approximate surface area is 214 Å². The zero-order chi connectivity index (χ0) is 23.2. The fourth-order valence-corrected chi connectivity index (χ4v) is 2.98. The number of nitrogens with one attached hydrogen (secondary N) is 3. The minimum absolute atomic E-state index is 0. The average Bonchev–Trinajstić information content (AvgIpc) is 2.75. The molecule has 0 aliphatic heterocycles. The number of allylic oxidation sites excluding steroid dienone is 1. The summed E-state index contributed by atoms with van der Waals surface area (Å²) in [5.74, 6) is -0.339. The van der Waals surface area contributed by atoms with Crippen LogP contribution < -0.4 is 45.9 Å². The summed E-state index contributed by atoms with van der Waals surface area (Å²) in [4.78, 5) is 4.10. The van der Waals surface area contributed by atoms with E-state index in [0.29, 0.717) is 22.5 Å². The molecule has 0 radical (unpaired) electrons. The molecule has 1 atom stereocenters. The third kappa shape index (κ3) is 9.57. The van der Waals surface area contributed by atoms with Gasteiger partial charge in [0.05, 0.1) is 11.7 Å². The molecular formula is C25H35FN5Na. The number of nitrogens with zero attached hydrogens (tertiary/aromatic N) is 1. The molecule has 0 spiro atoms. The van der Waals surface area contributed by atoms with Gasteiger partial charge >= 0.3 is 29.6 Å². The number of hydrogen-bond acceptors (Lipinski definition) is 5. The molecule has 1 unspecified atom stereocenters. The molecule has 7 heteroatoms. The Hall–Kier alpha value is -2.12. The van der Waals surface area contributed by atoms with E-state index in [-0.39, 0.29) is 41.5 Å². The van der Waals surface area contributed by atoms with Crippen LogP contribution in [-0.2, 0) is 0 Å². The summed E-state index contributed by atoms with van der Waals surface area (Å²) in [7, 11) is 1.79. The summed E-state index contributed by atoms with van der Waals surface area (Å²) in [5.41, 5.74) is 9.20. The molecule has 168 valence electrons. The zero-order valence-corrected chi connectivity index (χ0v) is 21.8. The number of nitrogens with two attached hydrogens (primary N) is 1. The molecule has 0 amide bonds. The first-order valence-electron chi connectivity index (χ1n) is 10.4. The van der Waals surface area contributed by atoms with Crippen molar-refractivity contribution >= 4 is 11.9 Å². The van der Waals surface area contributed by atoms with Gasteiger partial charge < -0.3 is 21.8 Å². The fraction of sp³-hybridized carbons (Fsp3) is 0.320. The third-order valence-corrected chi connectivity index (χ3v) is 4.71. The van der Waals surface area contributed by atoms with Crippen molar-refractivity contribution in [3.8, 4) is 0 Å². The summed E-state index contributed by atoms with van der Waals surface area (Å²) in [6.45, 7) is 12.0. The molecule has 2 aromatic rings. The van der Waals surface area contributed by atoms with E-state index in [2.05, 4.69) is 35.2 Å². The molecule has 2 rings (SSSR count). The van der Waals surface area contributed by atoms with E-state index < -0.39 is 5.95 Å². The van der Waals surface area contributed by atoms with Gasteiger partial charge in [0.2, 0.25) is 5.95 Å². The number of rotatable bonds is 11. The van der Waals surface area contributed by atoms with Crippen LogP contribution in [0.25, 0.3) is 0 Å². The molecule has 0 aliphatic rings. The maximum absolute atomic E-state index is 14.1. The first-order valence-corrected chi connectivity index (χ1v) is 10.4. The largest absolute Gasteiger partial charge is 1.00 e. The predicted molar refractivity (Wildman–Crippen MR) is 130 cm³/mol. The van der Waals surface area contributed by atoms with Gasteiger partial charge in [0.1, 0.15) is 0 Å². The standard InChI is InChI=1S/C17H21FN4.C8H14N.Na/c1-10(2)13-6-7-15(22-17(13)18)16(21-3)11-4-5-12(9-19)14(20)8-11;1-3-5-6-7-8-9-4-2;/h4-10,16,19,21H,20H2,1-3H3;3-5,9H,1-2,6-8H2;/q;-1;+1. The Morgan fingerprint density at radius 3 is 2.47 bits per heavy atom. The Balaban J connectivity index is 0.000000821. The second kappa shape index (κ2) is 16.5. The molecule has 0 saturated carbocycles. The van der Waals surface area contributed by atoms with Crippen LogP contribution in [0.15, 0.2) is 55.8 Å². The maximum atomic E-state index is 14.1. The van der Waals surface area contributed by atoms with Crippen molar-refractivity contribution in [3.63, 3.8) is 0 Å². The zero-order valence-electron chi connectivity index (χ0n) is 19.8. The van der Waals surface area contributed by atoms with E-state index in [1.54, 1.807) is 31.4 Å². The van der Waals surface area contributed by atoms with Gasteiger partial charge in [-0.25, -0.2) is 24.1 Å². The monoisotopic (exact) mass is 447 g/mol. The molecule has 32 heavy (non-hydrogen) atoms. The number of unbranched alkanes of at least 4 members (excludes halogenated alkanes) is 2. The molecule has 0 bridgehead atoms. The number of benzene rings is 1. The topological polar surface area (TPSA) is 86.8 Å². The van der Waals surface area contributed by atoms with Crippen LogP contribution in [0.3, 0.4) is 0 Å². The van der Waals surface area contributed by atoms with Crippen molar-refractivity contribution in [1.82, 2.24) is 15.6 Å². The number of nitrogen functional groups attached to an aromatic ring is 1. The second-order valence-corrected chi connectivity index (χ2v) is 7.30. The molecule has 0 saturated heterocycles. The van der Waals surface area contributed by atoms with Gasteiger partial charge in [-0.05, 0) is 43.3 Å². The number of aromatic nitrogens is 1. The summed E-state index contributed by atoms with van der Waals surface area (Å²) in [5, 5.41) is 13.4. The van der Waals surface area contributed by atoms with Crippen LogP contribution in [0.5, 0.6) is 0 Å². The Morgan fingerprint density at radius 1 is 1.25 bits per heavy atom. The predicted octanol–water partition coefficient (Wildman–Crippen LogP) is 2.13. The third-order valence-electron chi connectivity index (χ3n) is 4.71. The van der Waals surface area contributed by atoms with Gasteiger partial charge in [0, 0.05) is 29.6 Å². The van der Waals surface area contributed by atoms with E-state index in [4.69, 9.17) is 11.1 Å². The van der Waals surface area contributed by atoms with Crippen LogP contribution in [0.4, 0.5) is 10.1 Å². The van der Waals surface area contributed by atoms with Gasteiger partial charge in [-0.1, -0.05) is 45.0 Å². The SMILES string of the molecule is C=C[CH-]CCCNC=C.CNC(c1ccc(C=N)c(N)c1)c1ccc(C(C)C)c(F)n1.[Na+]. The van der Waals surface area contributed by atoms with Gasteiger partial charge in [0.25, 0.3) is 0 Å². The molecule has 0 aliphatic carbocycles. The first-order chi connectivity index (χ1) is 14.9. The molecule has 1 aromatic carbocycles. The smallest absolute Gasteiger partial charge is 0.398 e. The molecule has 1 aromatic heterocycles. The van der Waals surface area contributed by atoms with Crippen molar-refractivity contribution in [2.75, 3.05) is 19.3 Å². The quantitative estimate of drug-likeness (QED) is 0.106. The Bertz CT molecular complexity index is 844. The number of hydrogen-bond donors (Lipinski definition) is 4. The molecule has 0 fully saturated rings. The molecule has 1 heterocycles. The average molecular weight is 448 g/mol. The Kier molecular flexibility index (Phi) is 15.4. The molecule has 5 nitrogen and oxygen atoms in total. The van der Waals surface area contributed by atoms with Crippen molar-refractivity contribution < 1.29 is 33.9 Å². The van der Waals surface area contributed by atoms with E-state index in [0.717, 1.165) is 24.9 Å². The van der Waals surface area contributed by atoms with Crippen LogP contribution >= 0.6 is 0 Å². The minimum atomic E-state index is -0.433. The van der Waals surface area contributed by atoms with Crippen LogP contribution in [-0.4, -0.2) is 24.8 Å². The normalized spacial score (nSPS) is 10.8. The number of anilines is 1. The van der Waals surface area contributed by atoms with Gasteiger partial charge in [-0.2, -0.15) is 4.39 Å². The summed E-state index contributed by atoms with van der Waals surface area (Å²) >= 11 is 0. The van der Waals surface area contributed by atoms with Crippen molar-refractivity contribution in [2.24, 2.45) is 0 Å². The van der Waals surface area contributed by atoms with Crippen LogP contribution in [0, 0.1) is 17.8 Å². The molecular weight excluding hydrogens is 412 g/mol. The summed E-state index contributed by atoms with van der Waals surface area (Å²) < 4.78 is 14.1. The van der Waals surface area contributed by atoms with Crippen molar-refractivity contribution in [3.05, 3.63) is 90.5 Å². The second-order valence-electron chi connectivity index (χ2n) is 7.30. The van der Waals surface area contributed by atoms with Gasteiger partial charge in [0.15, 0.2) is 0 Å². The van der Waals surface area contributed by atoms with Crippen LogP contribution in [0.2, 0.25) is 0 Å². The van der Waals surface area contributed by atoms with E-state index in [9.17, 15) is 4.39 Å². The first kappa shape index (κ1) is 29.9. The Morgan fingerprint density at radius 2 is 1.97 bits per heavy atom. The maximum Gasteiger partial charge on any atom is 1.00 e. The van der Waals surface area contributed by atoms with Gasteiger partial charge in [-0.3, -0.25) is 0 Å². The van der Waals surface area contributed by atoms with Crippen molar-refractivity contribution in [2.45, 2.75) is 38.6 Å². The van der Waals surface area contributed by atoms with E-state index in [1.165, 1.54) is 6.21 Å². The van der Waals surface area contributed by atoms with Crippen molar-refractivity contribution in [1.29, 1.82) is 5.41 Å². The van der Waals surface area contributed by atoms with E-state index in [1.807, 2.05) is 32.1 Å². The van der Waals surface area contributed by atoms with E-state index >= 15 is 0 Å².